The maximum Gasteiger partial charge on any atom is 0.315 e. The van der Waals surface area contributed by atoms with Crippen LogP contribution in [0.25, 0.3) is 0 Å². The number of anilines is 2. The first-order valence-electron chi connectivity index (χ1n) is 7.54. The Kier molecular flexibility index (Phi) is 5.11. The summed E-state index contributed by atoms with van der Waals surface area (Å²) in [7, 11) is 0. The van der Waals surface area contributed by atoms with Crippen molar-refractivity contribution in [2.24, 2.45) is 0 Å². The van der Waals surface area contributed by atoms with Crippen molar-refractivity contribution in [2.75, 3.05) is 10.6 Å². The molecule has 5 heteroatoms. The predicted octanol–water partition coefficient (Wildman–Crippen LogP) is 3.40. The molecule has 0 unspecified atom stereocenters. The Labute approximate surface area is 136 Å². The smallest absolute Gasteiger partial charge is 0.315 e. The minimum absolute atomic E-state index is 0.242. The summed E-state index contributed by atoms with van der Waals surface area (Å²) in [5.74, 6) is -0.837. The molecule has 0 aliphatic carbocycles. The number of aromatic nitrogens is 1. The lowest BCUT2D eigenvalue weighted by atomic mass is 9.98. The van der Waals surface area contributed by atoms with E-state index in [1.54, 1.807) is 12.1 Å². The number of carbonyl (C=O) groups is 2. The molecule has 0 aliphatic heterocycles. The summed E-state index contributed by atoms with van der Waals surface area (Å²) in [5, 5.41) is 5.22. The van der Waals surface area contributed by atoms with Crippen molar-refractivity contribution >= 4 is 23.3 Å². The zero-order chi connectivity index (χ0) is 17.0. The van der Waals surface area contributed by atoms with E-state index in [0.29, 0.717) is 11.5 Å². The molecule has 2 N–H and O–H groups in total. The van der Waals surface area contributed by atoms with E-state index in [9.17, 15) is 9.59 Å². The van der Waals surface area contributed by atoms with Gasteiger partial charge in [-0.25, -0.2) is 4.98 Å². The van der Waals surface area contributed by atoms with Gasteiger partial charge < -0.3 is 10.6 Å². The van der Waals surface area contributed by atoms with Gasteiger partial charge in [0.1, 0.15) is 5.82 Å². The molecule has 0 radical (unpaired) electrons. The average molecular weight is 311 g/mol. The highest BCUT2D eigenvalue weighted by molar-refractivity contribution is 6.43. The number of amides is 2. The number of rotatable bonds is 3. The van der Waals surface area contributed by atoms with E-state index in [0.717, 1.165) is 16.8 Å². The van der Waals surface area contributed by atoms with Crippen LogP contribution in [0.4, 0.5) is 11.5 Å². The van der Waals surface area contributed by atoms with E-state index in [1.165, 1.54) is 0 Å². The van der Waals surface area contributed by atoms with E-state index in [4.69, 9.17) is 0 Å². The molecule has 2 aromatic rings. The summed E-state index contributed by atoms with van der Waals surface area (Å²) in [6.07, 6.45) is 0. The van der Waals surface area contributed by atoms with E-state index < -0.39 is 11.8 Å². The molecule has 0 atom stereocenters. The fraction of sp³-hybridized carbons (Fsp3) is 0.278. The van der Waals surface area contributed by atoms with Crippen molar-refractivity contribution in [3.05, 3.63) is 53.2 Å². The van der Waals surface area contributed by atoms with Gasteiger partial charge in [-0.2, -0.15) is 0 Å². The summed E-state index contributed by atoms with van der Waals surface area (Å²) in [5.41, 5.74) is 3.38. The monoisotopic (exact) mass is 311 g/mol. The Bertz CT molecular complexity index is 739. The molecule has 2 rings (SSSR count). The van der Waals surface area contributed by atoms with Crippen LogP contribution in [-0.2, 0) is 9.59 Å². The molecule has 1 aromatic carbocycles. The quantitative estimate of drug-likeness (QED) is 0.853. The third kappa shape index (κ3) is 4.16. The second kappa shape index (κ2) is 7.05. The van der Waals surface area contributed by atoms with Crippen LogP contribution in [-0.4, -0.2) is 16.8 Å². The molecule has 1 heterocycles. The summed E-state index contributed by atoms with van der Waals surface area (Å²) >= 11 is 0. The molecule has 120 valence electrons. The second-order valence-electron chi connectivity index (χ2n) is 5.77. The van der Waals surface area contributed by atoms with Crippen LogP contribution in [0.5, 0.6) is 0 Å². The number of nitrogens with one attached hydrogen (secondary N) is 2. The first kappa shape index (κ1) is 16.7. The lowest BCUT2D eigenvalue weighted by Gasteiger charge is -2.16. The molecule has 23 heavy (non-hydrogen) atoms. The number of pyridine rings is 1. The van der Waals surface area contributed by atoms with E-state index in [-0.39, 0.29) is 5.92 Å². The Balaban J connectivity index is 2.15. The molecular formula is C18H21N3O2. The lowest BCUT2D eigenvalue weighted by Crippen LogP contribution is -2.30. The van der Waals surface area contributed by atoms with Crippen LogP contribution in [0.1, 0.15) is 36.6 Å². The second-order valence-corrected chi connectivity index (χ2v) is 5.77. The Hall–Kier alpha value is -2.69. The van der Waals surface area contributed by atoms with Crippen molar-refractivity contribution < 1.29 is 9.59 Å². The zero-order valence-corrected chi connectivity index (χ0v) is 13.8. The minimum atomic E-state index is -0.735. The van der Waals surface area contributed by atoms with Gasteiger partial charge in [-0.05, 0) is 43.0 Å². The molecule has 0 saturated heterocycles. The number of para-hydroxylation sites is 1. The van der Waals surface area contributed by atoms with Crippen LogP contribution < -0.4 is 10.6 Å². The third-order valence-electron chi connectivity index (χ3n) is 3.50. The molecule has 5 nitrogen and oxygen atoms in total. The summed E-state index contributed by atoms with van der Waals surface area (Å²) in [6, 6.07) is 11.0. The van der Waals surface area contributed by atoms with Crippen LogP contribution >= 0.6 is 0 Å². The van der Waals surface area contributed by atoms with Crippen molar-refractivity contribution in [2.45, 2.75) is 33.6 Å². The number of benzene rings is 1. The molecule has 2 amide bonds. The standard InChI is InChI=1S/C18H21N3O2/c1-11(2)14-9-5-7-12(3)16(14)21-18(23)17(22)20-15-10-6-8-13(4)19-15/h5-11H,1-4H3,(H,21,23)(H,19,20,22). The maximum absolute atomic E-state index is 12.2. The molecule has 0 spiro atoms. The van der Waals surface area contributed by atoms with Gasteiger partial charge in [-0.1, -0.05) is 38.1 Å². The number of carbonyl (C=O) groups excluding carboxylic acids is 2. The van der Waals surface area contributed by atoms with Crippen molar-refractivity contribution in [3.8, 4) is 0 Å². The lowest BCUT2D eigenvalue weighted by molar-refractivity contribution is -0.133. The highest BCUT2D eigenvalue weighted by atomic mass is 16.2. The largest absolute Gasteiger partial charge is 0.317 e. The molecule has 1 aromatic heterocycles. The molecule has 0 bridgehead atoms. The molecular weight excluding hydrogens is 290 g/mol. The first-order valence-corrected chi connectivity index (χ1v) is 7.54. The van der Waals surface area contributed by atoms with Gasteiger partial charge in [0, 0.05) is 11.4 Å². The van der Waals surface area contributed by atoms with Gasteiger partial charge in [0.05, 0.1) is 0 Å². The number of hydrogen-bond donors (Lipinski definition) is 2. The van der Waals surface area contributed by atoms with E-state index in [2.05, 4.69) is 15.6 Å². The van der Waals surface area contributed by atoms with Crippen molar-refractivity contribution in [1.82, 2.24) is 4.98 Å². The molecule has 0 aliphatic rings. The van der Waals surface area contributed by atoms with Gasteiger partial charge in [-0.15, -0.1) is 0 Å². The van der Waals surface area contributed by atoms with Crippen molar-refractivity contribution in [3.63, 3.8) is 0 Å². The van der Waals surface area contributed by atoms with E-state index in [1.807, 2.05) is 52.0 Å². The summed E-state index contributed by atoms with van der Waals surface area (Å²) in [4.78, 5) is 28.4. The van der Waals surface area contributed by atoms with Gasteiger partial charge in [0.15, 0.2) is 0 Å². The third-order valence-corrected chi connectivity index (χ3v) is 3.50. The SMILES string of the molecule is Cc1cccc(NC(=O)C(=O)Nc2c(C)cccc2C(C)C)n1. The van der Waals surface area contributed by atoms with Gasteiger partial charge >= 0.3 is 11.8 Å². The number of hydrogen-bond acceptors (Lipinski definition) is 3. The van der Waals surface area contributed by atoms with E-state index >= 15 is 0 Å². The Morgan fingerprint density at radius 3 is 2.26 bits per heavy atom. The highest BCUT2D eigenvalue weighted by Crippen LogP contribution is 2.27. The van der Waals surface area contributed by atoms with Crippen LogP contribution in [0, 0.1) is 13.8 Å². The average Bonchev–Trinajstić information content (AvgIpc) is 2.48. The van der Waals surface area contributed by atoms with Crippen LogP contribution in [0.3, 0.4) is 0 Å². The Morgan fingerprint density at radius 2 is 1.61 bits per heavy atom. The highest BCUT2D eigenvalue weighted by Gasteiger charge is 2.18. The summed E-state index contributed by atoms with van der Waals surface area (Å²) < 4.78 is 0. The first-order chi connectivity index (χ1) is 10.9. The molecule has 0 fully saturated rings. The van der Waals surface area contributed by atoms with Gasteiger partial charge in [-0.3, -0.25) is 9.59 Å². The fourth-order valence-corrected chi connectivity index (χ4v) is 2.30. The maximum atomic E-state index is 12.2. The number of nitrogens with zero attached hydrogens (tertiary/aromatic N) is 1. The normalized spacial score (nSPS) is 10.5. The Morgan fingerprint density at radius 1 is 0.957 bits per heavy atom. The predicted molar refractivity (Wildman–Crippen MR) is 91.5 cm³/mol. The zero-order valence-electron chi connectivity index (χ0n) is 13.8. The minimum Gasteiger partial charge on any atom is -0.317 e. The molecule has 0 saturated carbocycles. The number of aryl methyl sites for hydroxylation is 2. The van der Waals surface area contributed by atoms with Gasteiger partial charge in [0.25, 0.3) is 0 Å². The van der Waals surface area contributed by atoms with Crippen LogP contribution in [0.2, 0.25) is 0 Å². The fourth-order valence-electron chi connectivity index (χ4n) is 2.30. The van der Waals surface area contributed by atoms with Crippen molar-refractivity contribution in [1.29, 1.82) is 0 Å². The topological polar surface area (TPSA) is 71.1 Å². The van der Waals surface area contributed by atoms with Crippen LogP contribution in [0.15, 0.2) is 36.4 Å². The van der Waals surface area contributed by atoms with Gasteiger partial charge in [0.2, 0.25) is 0 Å². The summed E-state index contributed by atoms with van der Waals surface area (Å²) in [6.45, 7) is 7.81.